The summed E-state index contributed by atoms with van der Waals surface area (Å²) in [5.41, 5.74) is -0.394. The Morgan fingerprint density at radius 2 is 1.55 bits per heavy atom. The Labute approximate surface area is 178 Å². The van der Waals surface area contributed by atoms with Gasteiger partial charge in [0, 0.05) is 12.6 Å². The maximum Gasteiger partial charge on any atom is 0.418 e. The summed E-state index contributed by atoms with van der Waals surface area (Å²) in [6.07, 6.45) is -4.61. The van der Waals surface area contributed by atoms with Crippen molar-refractivity contribution in [2.24, 2.45) is 0 Å². The number of anilines is 2. The molecule has 0 bridgehead atoms. The van der Waals surface area contributed by atoms with Crippen LogP contribution in [-0.2, 0) is 16.2 Å². The molecule has 0 atom stereocenters. The van der Waals surface area contributed by atoms with Crippen molar-refractivity contribution >= 4 is 27.3 Å². The van der Waals surface area contributed by atoms with E-state index in [9.17, 15) is 26.4 Å². The number of para-hydroxylation sites is 1. The molecule has 0 unspecified atom stereocenters. The monoisotopic (exact) mass is 448 g/mol. The molecule has 3 rings (SSSR count). The van der Waals surface area contributed by atoms with Gasteiger partial charge in [0.25, 0.3) is 15.9 Å². The number of hydrogen-bond acceptors (Lipinski definition) is 3. The molecule has 0 aliphatic carbocycles. The lowest BCUT2D eigenvalue weighted by Gasteiger charge is -2.22. The maximum atomic E-state index is 13.1. The number of nitrogens with zero attached hydrogens (tertiary/aromatic N) is 1. The molecule has 0 heterocycles. The number of nitrogens with one attached hydrogen (secondary N) is 1. The minimum Gasteiger partial charge on any atom is -0.321 e. The number of alkyl halides is 3. The number of halogens is 3. The second-order valence-corrected chi connectivity index (χ2v) is 8.75. The van der Waals surface area contributed by atoms with Gasteiger partial charge in [0.15, 0.2) is 0 Å². The number of rotatable bonds is 5. The van der Waals surface area contributed by atoms with Gasteiger partial charge in [-0.25, -0.2) is 8.42 Å². The van der Waals surface area contributed by atoms with Crippen LogP contribution in [0.2, 0.25) is 0 Å². The average molecular weight is 448 g/mol. The number of benzene rings is 3. The van der Waals surface area contributed by atoms with Crippen molar-refractivity contribution in [3.05, 3.63) is 89.5 Å². The standard InChI is InChI=1S/C22H19F3N2O3S/c1-15-14-16(21(28)26-19-11-7-6-10-18(19)22(23,24)25)12-13-20(15)27(2)31(29,30)17-8-4-3-5-9-17/h3-14H,1-2H3,(H,26,28). The predicted octanol–water partition coefficient (Wildman–Crippen LogP) is 5.09. The summed E-state index contributed by atoms with van der Waals surface area (Å²) in [5.74, 6) is -0.736. The fraction of sp³-hybridized carbons (Fsp3) is 0.136. The van der Waals surface area contributed by atoms with Gasteiger partial charge in [-0.2, -0.15) is 13.2 Å². The fourth-order valence-corrected chi connectivity index (χ4v) is 4.34. The molecule has 1 amide bonds. The Morgan fingerprint density at radius 1 is 0.935 bits per heavy atom. The van der Waals surface area contributed by atoms with Crippen LogP contribution < -0.4 is 9.62 Å². The first-order valence-corrected chi connectivity index (χ1v) is 10.6. The highest BCUT2D eigenvalue weighted by molar-refractivity contribution is 7.92. The summed E-state index contributed by atoms with van der Waals surface area (Å²) in [5, 5.41) is 2.27. The predicted molar refractivity (Wildman–Crippen MR) is 113 cm³/mol. The number of aryl methyl sites for hydroxylation is 1. The van der Waals surface area contributed by atoms with Crippen molar-refractivity contribution in [3.8, 4) is 0 Å². The Morgan fingerprint density at radius 3 is 2.16 bits per heavy atom. The molecule has 3 aromatic carbocycles. The van der Waals surface area contributed by atoms with E-state index in [0.29, 0.717) is 11.3 Å². The summed E-state index contributed by atoms with van der Waals surface area (Å²) >= 11 is 0. The molecule has 0 saturated carbocycles. The zero-order valence-corrected chi connectivity index (χ0v) is 17.5. The molecule has 162 valence electrons. The van der Waals surface area contributed by atoms with Gasteiger partial charge in [-0.1, -0.05) is 30.3 Å². The molecular formula is C22H19F3N2O3S. The lowest BCUT2D eigenvalue weighted by molar-refractivity contribution is -0.136. The highest BCUT2D eigenvalue weighted by Gasteiger charge is 2.33. The average Bonchev–Trinajstić information content (AvgIpc) is 2.73. The van der Waals surface area contributed by atoms with Crippen LogP contribution in [-0.4, -0.2) is 21.4 Å². The molecule has 3 aromatic rings. The molecule has 0 aliphatic heterocycles. The normalized spacial score (nSPS) is 11.8. The van der Waals surface area contributed by atoms with E-state index in [4.69, 9.17) is 0 Å². The van der Waals surface area contributed by atoms with Gasteiger partial charge in [-0.15, -0.1) is 0 Å². The summed E-state index contributed by atoms with van der Waals surface area (Å²) in [6, 6.07) is 16.8. The first kappa shape index (κ1) is 22.4. The molecule has 1 N–H and O–H groups in total. The molecule has 9 heteroatoms. The van der Waals surface area contributed by atoms with Crippen LogP contribution in [0.15, 0.2) is 77.7 Å². The van der Waals surface area contributed by atoms with E-state index in [1.54, 1.807) is 25.1 Å². The van der Waals surface area contributed by atoms with E-state index in [0.717, 1.165) is 10.4 Å². The van der Waals surface area contributed by atoms with Crippen LogP contribution in [0.5, 0.6) is 0 Å². The number of hydrogen-bond donors (Lipinski definition) is 1. The lowest BCUT2D eigenvalue weighted by Crippen LogP contribution is -2.27. The summed E-state index contributed by atoms with van der Waals surface area (Å²) in [6.45, 7) is 1.62. The minimum absolute atomic E-state index is 0.101. The van der Waals surface area contributed by atoms with E-state index in [1.807, 2.05) is 0 Å². The van der Waals surface area contributed by atoms with Crippen molar-refractivity contribution < 1.29 is 26.4 Å². The number of amides is 1. The van der Waals surface area contributed by atoms with E-state index >= 15 is 0 Å². The van der Waals surface area contributed by atoms with Crippen molar-refractivity contribution in [2.45, 2.75) is 18.0 Å². The Hall–Kier alpha value is -3.33. The minimum atomic E-state index is -4.61. The third-order valence-corrected chi connectivity index (χ3v) is 6.47. The van der Waals surface area contributed by atoms with Gasteiger partial charge >= 0.3 is 6.18 Å². The van der Waals surface area contributed by atoms with Gasteiger partial charge in [-0.05, 0) is 55.0 Å². The fourth-order valence-electron chi connectivity index (χ4n) is 3.06. The molecule has 0 aromatic heterocycles. The van der Waals surface area contributed by atoms with Crippen LogP contribution in [0.3, 0.4) is 0 Å². The largest absolute Gasteiger partial charge is 0.418 e. The second kappa shape index (κ2) is 8.43. The smallest absolute Gasteiger partial charge is 0.321 e. The van der Waals surface area contributed by atoms with Gasteiger partial charge in [0.2, 0.25) is 0 Å². The maximum absolute atomic E-state index is 13.1. The Balaban J connectivity index is 1.87. The van der Waals surface area contributed by atoms with Crippen LogP contribution in [0.4, 0.5) is 24.5 Å². The van der Waals surface area contributed by atoms with Crippen molar-refractivity contribution in [1.29, 1.82) is 0 Å². The van der Waals surface area contributed by atoms with Crippen LogP contribution in [0.25, 0.3) is 0 Å². The highest BCUT2D eigenvalue weighted by Crippen LogP contribution is 2.35. The highest BCUT2D eigenvalue weighted by atomic mass is 32.2. The van der Waals surface area contributed by atoms with E-state index in [-0.39, 0.29) is 16.1 Å². The zero-order valence-electron chi connectivity index (χ0n) is 16.6. The van der Waals surface area contributed by atoms with E-state index in [2.05, 4.69) is 5.32 Å². The van der Waals surface area contributed by atoms with Gasteiger partial charge < -0.3 is 5.32 Å². The topological polar surface area (TPSA) is 66.5 Å². The zero-order chi connectivity index (χ0) is 22.8. The number of carbonyl (C=O) groups excluding carboxylic acids is 1. The van der Waals surface area contributed by atoms with E-state index < -0.39 is 27.7 Å². The second-order valence-electron chi connectivity index (χ2n) is 6.78. The third kappa shape index (κ3) is 4.72. The van der Waals surface area contributed by atoms with E-state index in [1.165, 1.54) is 55.6 Å². The summed E-state index contributed by atoms with van der Waals surface area (Å²) < 4.78 is 66.2. The van der Waals surface area contributed by atoms with Crippen LogP contribution >= 0.6 is 0 Å². The Kier molecular flexibility index (Phi) is 6.08. The van der Waals surface area contributed by atoms with Crippen molar-refractivity contribution in [1.82, 2.24) is 0 Å². The molecule has 0 radical (unpaired) electrons. The van der Waals surface area contributed by atoms with Crippen molar-refractivity contribution in [2.75, 3.05) is 16.7 Å². The summed E-state index contributed by atoms with van der Waals surface area (Å²) in [7, 11) is -2.42. The van der Waals surface area contributed by atoms with Crippen molar-refractivity contribution in [3.63, 3.8) is 0 Å². The quantitative estimate of drug-likeness (QED) is 0.591. The van der Waals surface area contributed by atoms with Crippen LogP contribution in [0.1, 0.15) is 21.5 Å². The number of sulfonamides is 1. The molecule has 0 fully saturated rings. The molecule has 0 aliphatic rings. The lowest BCUT2D eigenvalue weighted by atomic mass is 10.1. The SMILES string of the molecule is Cc1cc(C(=O)Nc2ccccc2C(F)(F)F)ccc1N(C)S(=O)(=O)c1ccccc1. The van der Waals surface area contributed by atoms with Gasteiger partial charge in [-0.3, -0.25) is 9.10 Å². The molecule has 0 saturated heterocycles. The van der Waals surface area contributed by atoms with Gasteiger partial charge in [0.1, 0.15) is 0 Å². The first-order valence-electron chi connectivity index (χ1n) is 9.14. The summed E-state index contributed by atoms with van der Waals surface area (Å²) in [4.78, 5) is 12.6. The molecule has 5 nitrogen and oxygen atoms in total. The van der Waals surface area contributed by atoms with Gasteiger partial charge in [0.05, 0.1) is 21.8 Å². The third-order valence-electron chi connectivity index (χ3n) is 4.68. The molecular weight excluding hydrogens is 429 g/mol. The number of carbonyl (C=O) groups is 1. The molecule has 31 heavy (non-hydrogen) atoms. The Bertz CT molecular complexity index is 1210. The molecule has 0 spiro atoms. The first-order chi connectivity index (χ1) is 14.5. The van der Waals surface area contributed by atoms with Crippen LogP contribution in [0, 0.1) is 6.92 Å².